The molecule has 10 heteroatoms. The van der Waals surface area contributed by atoms with Crippen LogP contribution in [0.4, 0.5) is 13.2 Å². The summed E-state index contributed by atoms with van der Waals surface area (Å²) in [5.41, 5.74) is 0.891. The van der Waals surface area contributed by atoms with Crippen molar-refractivity contribution in [3.8, 4) is 11.5 Å². The van der Waals surface area contributed by atoms with Crippen LogP contribution in [-0.2, 0) is 16.0 Å². The number of carbonyl (C=O) groups excluding carboxylic acids is 2. The highest BCUT2D eigenvalue weighted by Crippen LogP contribution is 2.31. The summed E-state index contributed by atoms with van der Waals surface area (Å²) < 4.78 is 51.5. The summed E-state index contributed by atoms with van der Waals surface area (Å²) in [6.07, 6.45) is 2.16. The van der Waals surface area contributed by atoms with Crippen LogP contribution in [0.1, 0.15) is 49.3 Å². The van der Waals surface area contributed by atoms with Crippen LogP contribution in [0.15, 0.2) is 42.7 Å². The second kappa shape index (κ2) is 11.9. The number of rotatable bonds is 9. The Morgan fingerprint density at radius 3 is 2.31 bits per heavy atom. The van der Waals surface area contributed by atoms with Crippen molar-refractivity contribution in [1.82, 2.24) is 15.2 Å². The van der Waals surface area contributed by atoms with E-state index in [-0.39, 0.29) is 24.6 Å². The van der Waals surface area contributed by atoms with E-state index in [1.807, 2.05) is 0 Å². The van der Waals surface area contributed by atoms with Gasteiger partial charge in [0.05, 0.1) is 14.2 Å². The number of nitrogens with zero attached hydrogens (tertiary/aromatic N) is 2. The molecule has 0 saturated heterocycles. The lowest BCUT2D eigenvalue weighted by atomic mass is 9.94. The monoisotopic (exact) mass is 493 g/mol. The molecule has 0 aliphatic heterocycles. The molecule has 0 unspecified atom stereocenters. The van der Waals surface area contributed by atoms with Gasteiger partial charge in [-0.1, -0.05) is 25.3 Å². The van der Waals surface area contributed by atoms with Crippen LogP contribution < -0.4 is 14.8 Å². The van der Waals surface area contributed by atoms with Crippen LogP contribution in [0.5, 0.6) is 11.5 Å². The molecule has 0 radical (unpaired) electrons. The number of amides is 2. The van der Waals surface area contributed by atoms with Crippen LogP contribution in [0, 0.1) is 0 Å². The third kappa shape index (κ3) is 6.86. The summed E-state index contributed by atoms with van der Waals surface area (Å²) in [4.78, 5) is 30.4. The first-order valence-corrected chi connectivity index (χ1v) is 11.5. The van der Waals surface area contributed by atoms with Gasteiger partial charge in [0, 0.05) is 25.0 Å². The van der Waals surface area contributed by atoms with E-state index in [0.717, 1.165) is 32.1 Å². The molecular weight excluding hydrogens is 463 g/mol. The lowest BCUT2D eigenvalue weighted by Crippen LogP contribution is -2.51. The zero-order valence-corrected chi connectivity index (χ0v) is 19.8. The molecule has 7 nitrogen and oxygen atoms in total. The summed E-state index contributed by atoms with van der Waals surface area (Å²) in [6.45, 7) is -0.334. The van der Waals surface area contributed by atoms with Gasteiger partial charge in [0.25, 0.3) is 0 Å². The highest BCUT2D eigenvalue weighted by atomic mass is 19.4. The first kappa shape index (κ1) is 26.3. The third-order valence-electron chi connectivity index (χ3n) is 6.13. The van der Waals surface area contributed by atoms with Crippen LogP contribution >= 0.6 is 0 Å². The third-order valence-corrected chi connectivity index (χ3v) is 6.13. The molecule has 1 aliphatic rings. The molecule has 1 aromatic heterocycles. The Morgan fingerprint density at radius 2 is 1.71 bits per heavy atom. The Labute approximate surface area is 202 Å². The largest absolute Gasteiger partial charge is 0.493 e. The maximum Gasteiger partial charge on any atom is 0.471 e. The van der Waals surface area contributed by atoms with Crippen molar-refractivity contribution in [3.63, 3.8) is 0 Å². The molecule has 1 N–H and O–H groups in total. The Hall–Kier alpha value is -3.30. The number of benzene rings is 1. The second-order valence-corrected chi connectivity index (χ2v) is 8.46. The summed E-state index contributed by atoms with van der Waals surface area (Å²) >= 11 is 0. The number of methoxy groups -OCH3 is 2. The molecule has 2 aromatic rings. The number of carbonyl (C=O) groups is 2. The summed E-state index contributed by atoms with van der Waals surface area (Å²) in [6, 6.07) is 6.29. The molecule has 1 atom stereocenters. The second-order valence-electron chi connectivity index (χ2n) is 8.46. The predicted molar refractivity (Wildman–Crippen MR) is 123 cm³/mol. The average molecular weight is 494 g/mol. The summed E-state index contributed by atoms with van der Waals surface area (Å²) in [5, 5.41) is 2.88. The lowest BCUT2D eigenvalue weighted by molar-refractivity contribution is -0.188. The van der Waals surface area contributed by atoms with Crippen LogP contribution in [0.2, 0.25) is 0 Å². The van der Waals surface area contributed by atoms with Gasteiger partial charge < -0.3 is 19.7 Å². The number of aromatic nitrogens is 1. The predicted octanol–water partition coefficient (Wildman–Crippen LogP) is 4.22. The highest BCUT2D eigenvalue weighted by Gasteiger charge is 2.46. The van der Waals surface area contributed by atoms with Gasteiger partial charge in [-0.25, -0.2) is 0 Å². The molecule has 190 valence electrons. The minimum atomic E-state index is -5.14. The van der Waals surface area contributed by atoms with Gasteiger partial charge in [-0.05, 0) is 54.7 Å². The number of hydrogen-bond acceptors (Lipinski definition) is 5. The molecule has 0 bridgehead atoms. The maximum absolute atomic E-state index is 13.7. The number of halogens is 3. The molecule has 3 rings (SSSR count). The SMILES string of the molecule is COc1ccc(CCN(C(=O)C(F)(F)F)[C@@H](C(=O)NC2CCCCC2)c2ccncc2)cc1OC. The molecular formula is C25H30F3N3O4. The Balaban J connectivity index is 1.92. The average Bonchev–Trinajstić information content (AvgIpc) is 2.86. The number of nitrogens with one attached hydrogen (secondary N) is 1. The fraction of sp³-hybridized carbons (Fsp3) is 0.480. The van der Waals surface area contributed by atoms with Crippen LogP contribution in [-0.4, -0.2) is 54.7 Å². The maximum atomic E-state index is 13.7. The van der Waals surface area contributed by atoms with E-state index in [1.165, 1.54) is 38.7 Å². The van der Waals surface area contributed by atoms with Crippen molar-refractivity contribution < 1.29 is 32.2 Å². The van der Waals surface area contributed by atoms with Gasteiger partial charge in [-0.3, -0.25) is 14.6 Å². The van der Waals surface area contributed by atoms with E-state index < -0.39 is 24.0 Å². The normalized spacial score (nSPS) is 15.2. The van der Waals surface area contributed by atoms with Crippen molar-refractivity contribution in [2.45, 2.75) is 56.8 Å². The van der Waals surface area contributed by atoms with Crippen molar-refractivity contribution in [2.75, 3.05) is 20.8 Å². The van der Waals surface area contributed by atoms with E-state index in [9.17, 15) is 22.8 Å². The minimum Gasteiger partial charge on any atom is -0.493 e. The van der Waals surface area contributed by atoms with E-state index in [1.54, 1.807) is 18.2 Å². The van der Waals surface area contributed by atoms with Gasteiger partial charge >= 0.3 is 12.1 Å². The Bertz CT molecular complexity index is 995. The first-order chi connectivity index (χ1) is 16.7. The van der Waals surface area contributed by atoms with Crippen molar-refractivity contribution in [3.05, 3.63) is 53.9 Å². The van der Waals surface area contributed by atoms with E-state index in [0.29, 0.717) is 22.0 Å². The van der Waals surface area contributed by atoms with Crippen molar-refractivity contribution >= 4 is 11.8 Å². The molecule has 2 amide bonds. The minimum absolute atomic E-state index is 0.0699. The van der Waals surface area contributed by atoms with Gasteiger partial charge in [-0.15, -0.1) is 0 Å². The topological polar surface area (TPSA) is 80.8 Å². The number of hydrogen-bond donors (Lipinski definition) is 1. The zero-order valence-electron chi connectivity index (χ0n) is 19.8. The highest BCUT2D eigenvalue weighted by molar-refractivity contribution is 5.91. The first-order valence-electron chi connectivity index (χ1n) is 11.5. The molecule has 0 spiro atoms. The zero-order chi connectivity index (χ0) is 25.4. The van der Waals surface area contributed by atoms with Crippen LogP contribution in [0.3, 0.4) is 0 Å². The summed E-state index contributed by atoms with van der Waals surface area (Å²) in [7, 11) is 2.93. The fourth-order valence-corrected chi connectivity index (χ4v) is 4.34. The number of ether oxygens (including phenoxy) is 2. The Morgan fingerprint density at radius 1 is 1.06 bits per heavy atom. The molecule has 35 heavy (non-hydrogen) atoms. The molecule has 1 saturated carbocycles. The standard InChI is InChI=1S/C25H30F3N3O4/c1-34-20-9-8-17(16-21(20)35-2)12-15-31(24(33)25(26,27)28)22(18-10-13-29-14-11-18)23(32)30-19-6-4-3-5-7-19/h8-11,13-14,16,19,22H,3-7,12,15H2,1-2H3,(H,30,32)/t22-/m1/s1. The van der Waals surface area contributed by atoms with Gasteiger partial charge in [0.1, 0.15) is 6.04 Å². The number of alkyl halides is 3. The smallest absolute Gasteiger partial charge is 0.471 e. The van der Waals surface area contributed by atoms with Crippen LogP contribution in [0.25, 0.3) is 0 Å². The van der Waals surface area contributed by atoms with Gasteiger partial charge in [0.15, 0.2) is 11.5 Å². The quantitative estimate of drug-likeness (QED) is 0.566. The van der Waals surface area contributed by atoms with Crippen molar-refractivity contribution in [1.29, 1.82) is 0 Å². The van der Waals surface area contributed by atoms with Gasteiger partial charge in [-0.2, -0.15) is 13.2 Å². The van der Waals surface area contributed by atoms with Gasteiger partial charge in [0.2, 0.25) is 5.91 Å². The van der Waals surface area contributed by atoms with E-state index in [4.69, 9.17) is 9.47 Å². The molecule has 1 fully saturated rings. The van der Waals surface area contributed by atoms with E-state index in [2.05, 4.69) is 10.3 Å². The number of pyridine rings is 1. The molecule has 1 aliphatic carbocycles. The summed E-state index contributed by atoms with van der Waals surface area (Å²) in [5.74, 6) is -1.81. The fourth-order valence-electron chi connectivity index (χ4n) is 4.34. The Kier molecular flexibility index (Phi) is 8.95. The molecule has 1 aromatic carbocycles. The van der Waals surface area contributed by atoms with E-state index >= 15 is 0 Å². The van der Waals surface area contributed by atoms with Crippen molar-refractivity contribution in [2.24, 2.45) is 0 Å². The lowest BCUT2D eigenvalue weighted by Gasteiger charge is -2.33. The molecule has 1 heterocycles.